The second kappa shape index (κ2) is 38.0. The number of unbranched alkanes of at least 4 members (excludes halogenated alkanes) is 11. The van der Waals surface area contributed by atoms with Crippen LogP contribution in [0.2, 0.25) is 0 Å². The Morgan fingerprint density at radius 1 is 0.519 bits per heavy atom. The molecule has 0 bridgehead atoms. The standard InChI is InChI=1S/C43H71O8P/c1-3-5-7-9-11-13-15-17-19-20-21-22-24-26-28-30-32-34-36-38-43(45)51-41(40-50-52(46,47)48)39-49-42(44)37-35-33-31-29-27-25-23-18-16-14-12-10-8-6-4-2/h5,7,11,13,17-19,21-23,26,28,32,34,41H,3-4,6,8-10,12,14-16,20,24-25,27,29-31,33,35-40H2,1-2H3,(H2,46,47,48)/b7-5-,13-11-,19-17-,22-21-,23-18-,28-26-,34-32-/t41-/m1/s1. The number of allylic oxidation sites excluding steroid dienone is 14. The van der Waals surface area contributed by atoms with Gasteiger partial charge in [0.05, 0.1) is 6.61 Å². The molecule has 296 valence electrons. The molecule has 0 aromatic rings. The molecule has 2 N–H and O–H groups in total. The third-order valence-electron chi connectivity index (χ3n) is 7.91. The van der Waals surface area contributed by atoms with Crippen LogP contribution in [-0.4, -0.2) is 41.0 Å². The summed E-state index contributed by atoms with van der Waals surface area (Å²) in [5.41, 5.74) is 0. The summed E-state index contributed by atoms with van der Waals surface area (Å²) in [7, 11) is -4.78. The summed E-state index contributed by atoms with van der Waals surface area (Å²) >= 11 is 0. The van der Waals surface area contributed by atoms with Gasteiger partial charge in [-0.2, -0.15) is 0 Å². The first-order valence-electron chi connectivity index (χ1n) is 19.9. The summed E-state index contributed by atoms with van der Waals surface area (Å²) in [5, 5.41) is 0. The van der Waals surface area contributed by atoms with Gasteiger partial charge in [0.25, 0.3) is 0 Å². The predicted molar refractivity (Wildman–Crippen MR) is 216 cm³/mol. The third kappa shape index (κ3) is 40.0. The largest absolute Gasteiger partial charge is 0.469 e. The van der Waals surface area contributed by atoms with E-state index in [1.807, 2.05) is 12.2 Å². The van der Waals surface area contributed by atoms with E-state index in [1.165, 1.54) is 44.9 Å². The van der Waals surface area contributed by atoms with Crippen LogP contribution in [0.25, 0.3) is 0 Å². The van der Waals surface area contributed by atoms with Crippen molar-refractivity contribution in [3.63, 3.8) is 0 Å². The lowest BCUT2D eigenvalue weighted by molar-refractivity contribution is -0.161. The summed E-state index contributed by atoms with van der Waals surface area (Å²) in [6.07, 6.45) is 50.3. The van der Waals surface area contributed by atoms with Gasteiger partial charge in [0.15, 0.2) is 6.10 Å². The average Bonchev–Trinajstić information content (AvgIpc) is 3.11. The molecule has 0 fully saturated rings. The van der Waals surface area contributed by atoms with Gasteiger partial charge in [0.1, 0.15) is 6.61 Å². The highest BCUT2D eigenvalue weighted by Crippen LogP contribution is 2.35. The van der Waals surface area contributed by atoms with Crippen molar-refractivity contribution in [1.29, 1.82) is 0 Å². The zero-order chi connectivity index (χ0) is 38.2. The molecule has 0 saturated carbocycles. The average molecular weight is 747 g/mol. The van der Waals surface area contributed by atoms with Crippen LogP contribution in [0.15, 0.2) is 85.1 Å². The second-order valence-corrected chi connectivity index (χ2v) is 14.1. The highest BCUT2D eigenvalue weighted by molar-refractivity contribution is 7.46. The van der Waals surface area contributed by atoms with Crippen LogP contribution in [0.5, 0.6) is 0 Å². The molecule has 8 nitrogen and oxygen atoms in total. The summed E-state index contributed by atoms with van der Waals surface area (Å²) in [6, 6.07) is 0. The highest BCUT2D eigenvalue weighted by atomic mass is 31.2. The Balaban J connectivity index is 4.12. The molecule has 0 heterocycles. The number of phosphoric ester groups is 1. The van der Waals surface area contributed by atoms with E-state index in [0.29, 0.717) is 12.8 Å². The van der Waals surface area contributed by atoms with Crippen molar-refractivity contribution < 1.29 is 37.9 Å². The smallest absolute Gasteiger partial charge is 0.462 e. The Kier molecular flexibility index (Phi) is 35.9. The Labute approximate surface area is 316 Å². The minimum atomic E-state index is -4.78. The third-order valence-corrected chi connectivity index (χ3v) is 8.40. The zero-order valence-electron chi connectivity index (χ0n) is 32.4. The summed E-state index contributed by atoms with van der Waals surface area (Å²) in [4.78, 5) is 42.7. The van der Waals surface area contributed by atoms with E-state index in [4.69, 9.17) is 19.3 Å². The van der Waals surface area contributed by atoms with E-state index in [2.05, 4.69) is 91.3 Å². The SMILES string of the molecule is CC/C=C\C/C=C\C/C=C\C/C=C\C/C=C\C/C=C\CCC(=O)O[C@H](COC(=O)CCCCCCC/C=C\CCCCCCCC)COP(=O)(O)O. The molecule has 0 rings (SSSR count). The first kappa shape index (κ1) is 49.2. The Bertz CT molecular complexity index is 1110. The van der Waals surface area contributed by atoms with Crippen molar-refractivity contribution in [2.75, 3.05) is 13.2 Å². The van der Waals surface area contributed by atoms with E-state index in [1.54, 1.807) is 0 Å². The summed E-state index contributed by atoms with van der Waals surface area (Å²) in [5.74, 6) is -1.00. The molecular weight excluding hydrogens is 675 g/mol. The number of ether oxygens (including phenoxy) is 2. The van der Waals surface area contributed by atoms with Crippen LogP contribution in [0.4, 0.5) is 0 Å². The maximum absolute atomic E-state index is 12.4. The zero-order valence-corrected chi connectivity index (χ0v) is 33.3. The lowest BCUT2D eigenvalue weighted by Gasteiger charge is -2.18. The quantitative estimate of drug-likeness (QED) is 0.0285. The van der Waals surface area contributed by atoms with Crippen LogP contribution >= 0.6 is 7.82 Å². The van der Waals surface area contributed by atoms with Crippen molar-refractivity contribution in [1.82, 2.24) is 0 Å². The molecule has 0 amide bonds. The monoisotopic (exact) mass is 746 g/mol. The molecule has 0 aliphatic carbocycles. The molecule has 0 spiro atoms. The van der Waals surface area contributed by atoms with Gasteiger partial charge in [-0.15, -0.1) is 0 Å². The fraction of sp³-hybridized carbons (Fsp3) is 0.628. The number of hydrogen-bond donors (Lipinski definition) is 2. The number of carbonyl (C=O) groups is 2. The second-order valence-electron chi connectivity index (χ2n) is 12.9. The molecule has 0 aliphatic rings. The molecule has 0 unspecified atom stereocenters. The normalized spacial score (nSPS) is 13.4. The minimum Gasteiger partial charge on any atom is -0.462 e. The van der Waals surface area contributed by atoms with E-state index in [9.17, 15) is 14.2 Å². The first-order chi connectivity index (χ1) is 25.3. The molecule has 0 saturated heterocycles. The Hall–Kier alpha value is -2.77. The fourth-order valence-corrected chi connectivity index (χ4v) is 5.34. The number of phosphoric acid groups is 1. The van der Waals surface area contributed by atoms with Gasteiger partial charge in [-0.25, -0.2) is 4.57 Å². The molecular formula is C43H71O8P. The van der Waals surface area contributed by atoms with Gasteiger partial charge >= 0.3 is 19.8 Å². The Morgan fingerprint density at radius 2 is 0.962 bits per heavy atom. The van der Waals surface area contributed by atoms with E-state index in [-0.39, 0.29) is 19.4 Å². The van der Waals surface area contributed by atoms with E-state index >= 15 is 0 Å². The molecule has 1 atom stereocenters. The topological polar surface area (TPSA) is 119 Å². The van der Waals surface area contributed by atoms with Crippen LogP contribution in [0.1, 0.15) is 155 Å². The van der Waals surface area contributed by atoms with Crippen molar-refractivity contribution in [2.45, 2.75) is 161 Å². The van der Waals surface area contributed by atoms with Crippen molar-refractivity contribution >= 4 is 19.8 Å². The van der Waals surface area contributed by atoms with Gasteiger partial charge in [0, 0.05) is 12.8 Å². The molecule has 0 aromatic heterocycles. The van der Waals surface area contributed by atoms with Crippen LogP contribution in [-0.2, 0) is 28.2 Å². The van der Waals surface area contributed by atoms with Crippen LogP contribution in [0.3, 0.4) is 0 Å². The molecule has 0 aromatic carbocycles. The maximum atomic E-state index is 12.4. The number of hydrogen-bond acceptors (Lipinski definition) is 6. The van der Waals surface area contributed by atoms with Crippen molar-refractivity contribution in [3.8, 4) is 0 Å². The van der Waals surface area contributed by atoms with E-state index < -0.39 is 32.5 Å². The number of rotatable bonds is 35. The number of esters is 2. The van der Waals surface area contributed by atoms with Crippen LogP contribution in [0, 0.1) is 0 Å². The minimum absolute atomic E-state index is 0.0808. The van der Waals surface area contributed by atoms with Gasteiger partial charge in [-0.05, 0) is 77.0 Å². The molecule has 9 heteroatoms. The summed E-state index contributed by atoms with van der Waals surface area (Å²) < 4.78 is 26.3. The highest BCUT2D eigenvalue weighted by Gasteiger charge is 2.22. The fourth-order valence-electron chi connectivity index (χ4n) is 4.98. The first-order valence-corrected chi connectivity index (χ1v) is 21.4. The number of carbonyl (C=O) groups excluding carboxylic acids is 2. The molecule has 52 heavy (non-hydrogen) atoms. The van der Waals surface area contributed by atoms with Crippen LogP contribution < -0.4 is 0 Å². The van der Waals surface area contributed by atoms with Crippen molar-refractivity contribution in [2.24, 2.45) is 0 Å². The Morgan fingerprint density at radius 3 is 1.46 bits per heavy atom. The van der Waals surface area contributed by atoms with Gasteiger partial charge < -0.3 is 19.3 Å². The maximum Gasteiger partial charge on any atom is 0.469 e. The van der Waals surface area contributed by atoms with Gasteiger partial charge in [-0.3, -0.25) is 14.1 Å². The van der Waals surface area contributed by atoms with E-state index in [0.717, 1.165) is 70.6 Å². The van der Waals surface area contributed by atoms with Crippen molar-refractivity contribution in [3.05, 3.63) is 85.1 Å². The van der Waals surface area contributed by atoms with Gasteiger partial charge in [0.2, 0.25) is 0 Å². The van der Waals surface area contributed by atoms with Gasteiger partial charge in [-0.1, -0.05) is 150 Å². The lowest BCUT2D eigenvalue weighted by atomic mass is 10.1. The molecule has 0 radical (unpaired) electrons. The lowest BCUT2D eigenvalue weighted by Crippen LogP contribution is -2.29. The predicted octanol–water partition coefficient (Wildman–Crippen LogP) is 12.1. The summed E-state index contributed by atoms with van der Waals surface area (Å²) in [6.45, 7) is 3.48. The molecule has 0 aliphatic heterocycles.